The molecule has 0 spiro atoms. The number of hydrogen-bond acceptors (Lipinski definition) is 17. The number of H-pyrrole nitrogens is 1. The van der Waals surface area contributed by atoms with Crippen molar-refractivity contribution in [2.24, 2.45) is 50.3 Å². The molecule has 0 bridgehead atoms. The van der Waals surface area contributed by atoms with Gasteiger partial charge in [0.05, 0.1) is 12.5 Å². The fourth-order valence-corrected chi connectivity index (χ4v) is 12.7. The molecule has 3 rings (SSSR count). The molecule has 25 N–H and O–H groups in total. The third kappa shape index (κ3) is 38.2. The molecule has 1 aromatic heterocycles. The SMILES string of the molecule is CCCCCCCCCCCCCCCC(=O)N[C@H](C(=O)N[C@@H](CC(=O)O)C(=O)N[C@@H](CCCN=C(N)N)C(=O)N[C@@H](CC(C)C)C(=O)N[C@@H](CCCN=C(N)N)C(=O)N[C@@H](CCCCN)C(=O)N[C@@H](Cc1c[nH]c2ccccc12)C(=O)N[C@@H](CCSC)C(=O)N[C@@H](Cc1ccccc1)C(=O)N[C@@H](C)C(N)=O)[C@@H](C)O. The number of nitrogens with one attached hydrogen (secondary N) is 11. The lowest BCUT2D eigenvalue weighted by atomic mass is 10.0. The monoisotopic (exact) mass is 1560 g/mol. The largest absolute Gasteiger partial charge is 0.481 e. The lowest BCUT2D eigenvalue weighted by Gasteiger charge is -2.29. The molecule has 0 unspecified atom stereocenters. The molecular weight excluding hydrogens is 1440 g/mol. The third-order valence-corrected chi connectivity index (χ3v) is 19.0. The standard InChI is InChI=1S/C76H125N19O14S/c1-7-8-9-10-11-12-13-14-15-16-17-18-22-36-62(97)95-64(49(5)96)74(109)94-61(45-63(98)99)73(108)89-56(35-28-40-84-76(81)82)68(103)91-58(42-47(2)3)71(106)88-55(34-27-39-83-75(79)80)66(101)87-54(33-25-26-38-77)67(102)93-60(44-51-46-85-53-32-24-23-31-52(51)53)72(107)90-57(37-41-110-6)69(104)92-59(43-50-29-20-19-21-30-50)70(105)86-48(4)65(78)100/h19-21,23-24,29-32,46-49,54-61,64,85,96H,7-18,22,25-28,33-45,77H2,1-6H3,(H2,78,100)(H,86,105)(H,87,101)(H,88,106)(H,89,108)(H,90,107)(H,91,103)(H,92,104)(H,93,102)(H,94,109)(H,95,97)(H,98,99)(H4,79,80,83)(H4,81,82,84)/t48-,49+,54-,55-,56-,57-,58-,59-,60-,61-,64-/m0/s1. The molecule has 0 fully saturated rings. The van der Waals surface area contributed by atoms with E-state index in [1.54, 1.807) is 62.7 Å². The molecule has 614 valence electrons. The molecule has 11 atom stereocenters. The summed E-state index contributed by atoms with van der Waals surface area (Å²) in [6, 6.07) is 1.54. The quantitative estimate of drug-likeness (QED) is 0.0217. The first-order chi connectivity index (χ1) is 52.5. The molecule has 0 saturated heterocycles. The highest BCUT2D eigenvalue weighted by Crippen LogP contribution is 2.21. The molecular formula is C76H125N19O14S. The molecule has 1 heterocycles. The lowest BCUT2D eigenvalue weighted by Crippen LogP contribution is -2.61. The van der Waals surface area contributed by atoms with E-state index >= 15 is 4.79 Å². The van der Waals surface area contributed by atoms with E-state index in [1.165, 1.54) is 70.6 Å². The number of benzene rings is 2. The van der Waals surface area contributed by atoms with Crippen molar-refractivity contribution in [3.63, 3.8) is 0 Å². The van der Waals surface area contributed by atoms with E-state index < -0.39 is 144 Å². The summed E-state index contributed by atoms with van der Waals surface area (Å²) in [4.78, 5) is 179. The van der Waals surface area contributed by atoms with Crippen molar-refractivity contribution in [2.75, 3.05) is 31.6 Å². The predicted octanol–water partition coefficient (Wildman–Crippen LogP) is 1.68. The highest BCUT2D eigenvalue weighted by molar-refractivity contribution is 7.98. The number of nitrogens with zero attached hydrogens (tertiary/aromatic N) is 2. The highest BCUT2D eigenvalue weighted by atomic mass is 32.2. The minimum Gasteiger partial charge on any atom is -0.481 e. The normalized spacial score (nSPS) is 14.2. The number of carbonyl (C=O) groups is 12. The summed E-state index contributed by atoms with van der Waals surface area (Å²) in [6.45, 7) is 8.45. The van der Waals surface area contributed by atoms with Gasteiger partial charge in [0.2, 0.25) is 65.0 Å². The summed E-state index contributed by atoms with van der Waals surface area (Å²) in [5, 5.41) is 47.9. The van der Waals surface area contributed by atoms with Gasteiger partial charge < -0.3 is 103 Å². The van der Waals surface area contributed by atoms with Crippen molar-refractivity contribution in [3.05, 3.63) is 71.9 Å². The minimum absolute atomic E-state index is 0.00698. The van der Waals surface area contributed by atoms with E-state index in [9.17, 15) is 63.0 Å². The third-order valence-electron chi connectivity index (χ3n) is 18.4. The number of unbranched alkanes of at least 4 members (excludes halogenated alkanes) is 13. The first-order valence-electron chi connectivity index (χ1n) is 38.6. The van der Waals surface area contributed by atoms with Crippen LogP contribution in [0.15, 0.2) is 70.8 Å². The summed E-state index contributed by atoms with van der Waals surface area (Å²) >= 11 is 1.38. The van der Waals surface area contributed by atoms with Crippen LogP contribution in [0.4, 0.5) is 0 Å². The molecule has 0 aliphatic heterocycles. The number of rotatable bonds is 58. The molecule has 34 heteroatoms. The van der Waals surface area contributed by atoms with Crippen molar-refractivity contribution in [1.29, 1.82) is 0 Å². The summed E-state index contributed by atoms with van der Waals surface area (Å²) < 4.78 is 0. The number of nitrogens with two attached hydrogens (primary N) is 6. The van der Waals surface area contributed by atoms with Gasteiger partial charge in [0.1, 0.15) is 60.4 Å². The maximum absolute atomic E-state index is 15.0. The van der Waals surface area contributed by atoms with Crippen molar-refractivity contribution >= 4 is 106 Å². The van der Waals surface area contributed by atoms with Crippen LogP contribution in [0, 0.1) is 5.92 Å². The van der Waals surface area contributed by atoms with Crippen LogP contribution in [0.5, 0.6) is 0 Å². The first-order valence-corrected chi connectivity index (χ1v) is 40.0. The van der Waals surface area contributed by atoms with Gasteiger partial charge in [-0.05, 0) is 120 Å². The minimum atomic E-state index is -1.88. The second-order valence-electron chi connectivity index (χ2n) is 28.3. The predicted molar refractivity (Wildman–Crippen MR) is 426 cm³/mol. The Hall–Kier alpha value is -9.57. The number of primary amides is 1. The van der Waals surface area contributed by atoms with E-state index in [1.807, 2.05) is 18.2 Å². The first kappa shape index (κ1) is 94.6. The van der Waals surface area contributed by atoms with Crippen molar-refractivity contribution in [1.82, 2.24) is 58.2 Å². The number of aliphatic hydroxyl groups is 1. The number of aliphatic imine (C=N–C) groups is 2. The van der Waals surface area contributed by atoms with Gasteiger partial charge in [0, 0.05) is 49.5 Å². The van der Waals surface area contributed by atoms with Crippen LogP contribution < -0.4 is 87.6 Å². The number of aromatic amines is 1. The Morgan fingerprint density at radius 1 is 0.473 bits per heavy atom. The molecule has 0 aliphatic carbocycles. The van der Waals surface area contributed by atoms with Gasteiger partial charge in [0.15, 0.2) is 11.9 Å². The number of carboxylic acid groups (broad SMARTS) is 1. The van der Waals surface area contributed by atoms with Crippen LogP contribution in [0.3, 0.4) is 0 Å². The summed E-state index contributed by atoms with van der Waals surface area (Å²) in [5.41, 5.74) is 35.9. The molecule has 0 saturated carbocycles. The fraction of sp³-hybridized carbons (Fsp3) is 0.632. The van der Waals surface area contributed by atoms with Crippen LogP contribution in [0.25, 0.3) is 10.9 Å². The van der Waals surface area contributed by atoms with Gasteiger partial charge in [-0.15, -0.1) is 0 Å². The Balaban J connectivity index is 1.97. The molecule has 110 heavy (non-hydrogen) atoms. The summed E-state index contributed by atoms with van der Waals surface area (Å²) in [6.07, 6.45) is 15.4. The number of aromatic nitrogens is 1. The van der Waals surface area contributed by atoms with E-state index in [2.05, 4.69) is 75.1 Å². The van der Waals surface area contributed by atoms with Gasteiger partial charge in [-0.3, -0.25) is 67.5 Å². The Labute approximate surface area is 650 Å². The molecule has 33 nitrogen and oxygen atoms in total. The van der Waals surface area contributed by atoms with Gasteiger partial charge >= 0.3 is 5.97 Å². The van der Waals surface area contributed by atoms with Crippen LogP contribution in [0.2, 0.25) is 0 Å². The topological polar surface area (TPSA) is 562 Å². The average molecular weight is 1560 g/mol. The zero-order chi connectivity index (χ0) is 81.5. The number of amides is 11. The highest BCUT2D eigenvalue weighted by Gasteiger charge is 2.37. The molecule has 3 aromatic rings. The van der Waals surface area contributed by atoms with Crippen molar-refractivity contribution < 1.29 is 67.7 Å². The number of aliphatic hydroxyl groups excluding tert-OH is 1. The molecule has 0 aliphatic rings. The summed E-state index contributed by atoms with van der Waals surface area (Å²) in [5.74, 6) is -11.5. The van der Waals surface area contributed by atoms with Crippen molar-refractivity contribution in [3.8, 4) is 0 Å². The number of fused-ring (bicyclic) bond motifs is 1. The molecule has 0 radical (unpaired) electrons. The average Bonchev–Trinajstić information content (AvgIpc) is 1.61. The zero-order valence-electron chi connectivity index (χ0n) is 65.0. The lowest BCUT2D eigenvalue weighted by molar-refractivity contribution is -0.142. The van der Waals surface area contributed by atoms with Gasteiger partial charge in [-0.25, -0.2) is 0 Å². The number of hydrogen-bond donors (Lipinski definition) is 19. The number of carboxylic acids is 1. The molecule has 11 amide bonds. The van der Waals surface area contributed by atoms with Gasteiger partial charge in [0.25, 0.3) is 0 Å². The number of carbonyl (C=O) groups excluding carboxylic acids is 11. The fourth-order valence-electron chi connectivity index (χ4n) is 12.2. The Morgan fingerprint density at radius 2 is 0.900 bits per heavy atom. The maximum atomic E-state index is 15.0. The van der Waals surface area contributed by atoms with Crippen LogP contribution in [0.1, 0.15) is 200 Å². The zero-order valence-corrected chi connectivity index (χ0v) is 65.8. The van der Waals surface area contributed by atoms with Crippen LogP contribution in [-0.4, -0.2) is 196 Å². The van der Waals surface area contributed by atoms with Crippen molar-refractivity contribution in [2.45, 2.75) is 268 Å². The van der Waals surface area contributed by atoms with E-state index in [4.69, 9.17) is 34.4 Å². The Bertz CT molecular complexity index is 3420. The molecule has 2 aromatic carbocycles. The second-order valence-corrected chi connectivity index (χ2v) is 29.3. The van der Waals surface area contributed by atoms with E-state index in [-0.39, 0.29) is 108 Å². The number of thioether (sulfide) groups is 1. The Morgan fingerprint density at radius 3 is 1.38 bits per heavy atom. The number of guanidine groups is 2. The smallest absolute Gasteiger partial charge is 0.305 e. The van der Waals surface area contributed by atoms with E-state index in [0.717, 1.165) is 32.1 Å². The van der Waals surface area contributed by atoms with Gasteiger partial charge in [-0.2, -0.15) is 11.8 Å². The number of para-hydroxylation sites is 1. The second kappa shape index (κ2) is 53.3. The van der Waals surface area contributed by atoms with Crippen LogP contribution in [-0.2, 0) is 70.4 Å². The van der Waals surface area contributed by atoms with Crippen LogP contribution >= 0.6 is 11.8 Å². The Kier molecular flexibility index (Phi) is 45.9. The van der Waals surface area contributed by atoms with E-state index in [0.29, 0.717) is 40.6 Å². The maximum Gasteiger partial charge on any atom is 0.305 e. The summed E-state index contributed by atoms with van der Waals surface area (Å²) in [7, 11) is 0. The number of aliphatic carboxylic acids is 1. The van der Waals surface area contributed by atoms with Gasteiger partial charge in [-0.1, -0.05) is 146 Å².